The maximum Gasteiger partial charge on any atom is 0.222 e. The number of nitrogens with one attached hydrogen (secondary N) is 1. The number of benzene rings is 1. The number of thioether (sulfide) groups is 1. The number of carbonyl (C=O) groups excluding carboxylic acids is 1. The first-order valence-corrected chi connectivity index (χ1v) is 15.3. The van der Waals surface area contributed by atoms with Gasteiger partial charge in [-0.3, -0.25) is 9.36 Å². The van der Waals surface area contributed by atoms with Crippen molar-refractivity contribution in [2.75, 3.05) is 18.2 Å². The quantitative estimate of drug-likeness (QED) is 0.244. The Morgan fingerprint density at radius 1 is 1.19 bits per heavy atom. The summed E-state index contributed by atoms with van der Waals surface area (Å²) in [5.74, 6) is -0.0362. The molecule has 0 spiro atoms. The highest BCUT2D eigenvalue weighted by Gasteiger charge is 2.21. The third kappa shape index (κ3) is 6.27. The Morgan fingerprint density at radius 3 is 2.53 bits per heavy atom. The van der Waals surface area contributed by atoms with Gasteiger partial charge < -0.3 is 10.1 Å². The van der Waals surface area contributed by atoms with Crippen molar-refractivity contribution in [1.29, 1.82) is 0 Å². The maximum absolute atomic E-state index is 13.6. The second-order valence-corrected chi connectivity index (χ2v) is 15.1. The minimum Gasteiger partial charge on any atom is -0.361 e. The van der Waals surface area contributed by atoms with Crippen LogP contribution in [0.3, 0.4) is 0 Å². The van der Waals surface area contributed by atoms with Gasteiger partial charge >= 0.3 is 0 Å². The number of hydrogen-bond acceptors (Lipinski definition) is 5. The molecule has 0 aliphatic heterocycles. The van der Waals surface area contributed by atoms with Crippen LogP contribution in [0.2, 0.25) is 25.7 Å². The van der Waals surface area contributed by atoms with Gasteiger partial charge in [0.15, 0.2) is 5.16 Å². The second kappa shape index (κ2) is 10.4. The molecule has 0 bridgehead atoms. The summed E-state index contributed by atoms with van der Waals surface area (Å²) in [6.45, 7) is 9.43. The summed E-state index contributed by atoms with van der Waals surface area (Å²) in [5.41, 5.74) is 3.20. The molecule has 1 amide bonds. The van der Waals surface area contributed by atoms with E-state index in [1.807, 2.05) is 23.0 Å². The second-order valence-electron chi connectivity index (χ2n) is 8.69. The van der Waals surface area contributed by atoms with Crippen molar-refractivity contribution in [3.63, 3.8) is 0 Å². The fraction of sp³-hybridized carbons (Fsp3) is 0.348. The van der Waals surface area contributed by atoms with Crippen LogP contribution < -0.4 is 5.32 Å². The van der Waals surface area contributed by atoms with Crippen molar-refractivity contribution in [2.24, 2.45) is 0 Å². The largest absolute Gasteiger partial charge is 0.361 e. The first kappa shape index (κ1) is 24.2. The topological polar surface area (TPSA) is 69.0 Å². The predicted molar refractivity (Wildman–Crippen MR) is 131 cm³/mol. The highest BCUT2D eigenvalue weighted by molar-refractivity contribution is 7.98. The molecule has 1 aromatic carbocycles. The van der Waals surface area contributed by atoms with E-state index in [9.17, 15) is 9.18 Å². The minimum absolute atomic E-state index is 0.193. The Balaban J connectivity index is 2.07. The SMILES string of the molecule is CSc1nc(-c2ccc(F)cc2)c(-c2ccnc(NC(C)=O)c2)n1COCC[Si](C)(C)C. The number of halogens is 1. The van der Waals surface area contributed by atoms with Crippen LogP contribution in [0, 0.1) is 5.82 Å². The number of nitrogens with zero attached hydrogens (tertiary/aromatic N) is 3. The van der Waals surface area contributed by atoms with Crippen molar-refractivity contribution >= 4 is 31.6 Å². The van der Waals surface area contributed by atoms with Gasteiger partial charge in [-0.2, -0.15) is 0 Å². The number of carbonyl (C=O) groups is 1. The normalized spacial score (nSPS) is 11.6. The number of pyridine rings is 1. The van der Waals surface area contributed by atoms with Crippen LogP contribution in [0.15, 0.2) is 47.8 Å². The summed E-state index contributed by atoms with van der Waals surface area (Å²) >= 11 is 1.52. The summed E-state index contributed by atoms with van der Waals surface area (Å²) in [4.78, 5) is 20.6. The van der Waals surface area contributed by atoms with Gasteiger partial charge in [0.25, 0.3) is 0 Å². The number of imidazole rings is 1. The van der Waals surface area contributed by atoms with Gasteiger partial charge in [-0.05, 0) is 48.7 Å². The average molecular weight is 473 g/mol. The molecule has 0 radical (unpaired) electrons. The highest BCUT2D eigenvalue weighted by atomic mass is 32.2. The summed E-state index contributed by atoms with van der Waals surface area (Å²) < 4.78 is 21.6. The molecule has 32 heavy (non-hydrogen) atoms. The molecule has 2 heterocycles. The molecule has 0 unspecified atom stereocenters. The first-order valence-electron chi connectivity index (χ1n) is 10.4. The lowest BCUT2D eigenvalue weighted by Crippen LogP contribution is -2.22. The van der Waals surface area contributed by atoms with E-state index in [0.29, 0.717) is 19.2 Å². The van der Waals surface area contributed by atoms with E-state index in [1.54, 1.807) is 18.3 Å². The lowest BCUT2D eigenvalue weighted by molar-refractivity contribution is -0.114. The van der Waals surface area contributed by atoms with Crippen LogP contribution in [-0.4, -0.2) is 41.4 Å². The standard InChI is InChI=1S/C23H29FN4O2SSi/c1-16(29)26-20-14-18(10-11-25-20)22-21(17-6-8-19(24)9-7-17)27-23(31-2)28(22)15-30-12-13-32(3,4)5/h6-11,14H,12-13,15H2,1-5H3,(H,25,26,29). The van der Waals surface area contributed by atoms with Crippen molar-refractivity contribution in [1.82, 2.24) is 14.5 Å². The van der Waals surface area contributed by atoms with Crippen LogP contribution in [0.1, 0.15) is 6.92 Å². The number of ether oxygens (including phenoxy) is 1. The summed E-state index contributed by atoms with van der Waals surface area (Å²) in [7, 11) is -1.21. The molecule has 1 N–H and O–H groups in total. The van der Waals surface area contributed by atoms with E-state index >= 15 is 0 Å². The summed E-state index contributed by atoms with van der Waals surface area (Å²) in [6, 6.07) is 11.0. The van der Waals surface area contributed by atoms with E-state index in [2.05, 4.69) is 29.9 Å². The van der Waals surface area contributed by atoms with Gasteiger partial charge in [0.2, 0.25) is 5.91 Å². The Bertz CT molecular complexity index is 1080. The van der Waals surface area contributed by atoms with Crippen LogP contribution in [-0.2, 0) is 16.3 Å². The van der Waals surface area contributed by atoms with Crippen LogP contribution in [0.4, 0.5) is 10.2 Å². The Hall–Kier alpha value is -2.49. The molecule has 0 saturated heterocycles. The molecule has 0 fully saturated rings. The predicted octanol–water partition coefficient (Wildman–Crippen LogP) is 5.74. The Morgan fingerprint density at radius 2 is 1.91 bits per heavy atom. The lowest BCUT2D eigenvalue weighted by atomic mass is 10.1. The van der Waals surface area contributed by atoms with Crippen molar-refractivity contribution in [3.8, 4) is 22.5 Å². The molecular weight excluding hydrogens is 443 g/mol. The van der Waals surface area contributed by atoms with Crippen LogP contribution >= 0.6 is 11.8 Å². The first-order chi connectivity index (χ1) is 15.2. The van der Waals surface area contributed by atoms with Crippen molar-refractivity contribution in [2.45, 2.75) is 44.5 Å². The molecule has 0 saturated carbocycles. The molecular formula is C23H29FN4O2SSi. The smallest absolute Gasteiger partial charge is 0.222 e. The Labute approximate surface area is 193 Å². The zero-order chi connectivity index (χ0) is 23.3. The molecule has 6 nitrogen and oxygen atoms in total. The lowest BCUT2D eigenvalue weighted by Gasteiger charge is -2.17. The van der Waals surface area contributed by atoms with Crippen LogP contribution in [0.5, 0.6) is 0 Å². The van der Waals surface area contributed by atoms with E-state index in [-0.39, 0.29) is 11.7 Å². The van der Waals surface area contributed by atoms with Gasteiger partial charge in [-0.1, -0.05) is 31.4 Å². The number of anilines is 1. The van der Waals surface area contributed by atoms with Crippen molar-refractivity contribution < 1.29 is 13.9 Å². The van der Waals surface area contributed by atoms with Gasteiger partial charge in [0.1, 0.15) is 18.4 Å². The van der Waals surface area contributed by atoms with Crippen LogP contribution in [0.25, 0.3) is 22.5 Å². The highest BCUT2D eigenvalue weighted by Crippen LogP contribution is 2.36. The Kier molecular flexibility index (Phi) is 7.86. The molecule has 3 aromatic rings. The van der Waals surface area contributed by atoms with Crippen molar-refractivity contribution in [3.05, 3.63) is 48.4 Å². The summed E-state index contributed by atoms with van der Waals surface area (Å²) in [6.07, 6.45) is 3.62. The number of hydrogen-bond donors (Lipinski definition) is 1. The molecule has 0 aliphatic rings. The molecule has 170 valence electrons. The molecule has 0 atom stereocenters. The number of rotatable bonds is 9. The minimum atomic E-state index is -1.21. The van der Waals surface area contributed by atoms with Gasteiger partial charge in [-0.25, -0.2) is 14.4 Å². The molecule has 9 heteroatoms. The molecule has 0 aliphatic carbocycles. The number of aromatic nitrogens is 3. The van der Waals surface area contributed by atoms with E-state index < -0.39 is 8.07 Å². The third-order valence-electron chi connectivity index (χ3n) is 4.79. The fourth-order valence-corrected chi connectivity index (χ4v) is 4.47. The van der Waals surface area contributed by atoms with Gasteiger partial charge in [-0.15, -0.1) is 0 Å². The molecule has 3 rings (SSSR count). The van der Waals surface area contributed by atoms with Gasteiger partial charge in [0.05, 0.1) is 11.4 Å². The third-order valence-corrected chi connectivity index (χ3v) is 7.17. The molecule has 2 aromatic heterocycles. The summed E-state index contributed by atoms with van der Waals surface area (Å²) in [5, 5.41) is 3.53. The fourth-order valence-electron chi connectivity index (χ4n) is 3.17. The average Bonchev–Trinajstić information content (AvgIpc) is 3.09. The maximum atomic E-state index is 13.6. The van der Waals surface area contributed by atoms with Gasteiger partial charge in [0, 0.05) is 38.9 Å². The van der Waals surface area contributed by atoms with E-state index in [1.165, 1.54) is 30.8 Å². The monoisotopic (exact) mass is 472 g/mol. The zero-order valence-electron chi connectivity index (χ0n) is 19.1. The number of amides is 1. The zero-order valence-corrected chi connectivity index (χ0v) is 20.9. The van der Waals surface area contributed by atoms with E-state index in [0.717, 1.165) is 33.7 Å². The van der Waals surface area contributed by atoms with E-state index in [4.69, 9.17) is 9.72 Å².